The maximum atomic E-state index is 6.07. The Balaban J connectivity index is 1.82. The zero-order valence-electron chi connectivity index (χ0n) is 9.70. The first-order chi connectivity index (χ1) is 8.77. The van der Waals surface area contributed by atoms with Crippen molar-refractivity contribution in [2.75, 3.05) is 17.6 Å². The molecule has 0 spiro atoms. The van der Waals surface area contributed by atoms with Crippen molar-refractivity contribution in [1.29, 1.82) is 0 Å². The van der Waals surface area contributed by atoms with Crippen molar-refractivity contribution in [3.8, 4) is 0 Å². The summed E-state index contributed by atoms with van der Waals surface area (Å²) in [5, 5.41) is 4.59. The van der Waals surface area contributed by atoms with E-state index in [2.05, 4.69) is 17.4 Å². The van der Waals surface area contributed by atoms with E-state index in [4.69, 9.17) is 23.2 Å². The lowest BCUT2D eigenvalue weighted by atomic mass is 10.3. The Labute approximate surface area is 121 Å². The van der Waals surface area contributed by atoms with Crippen LogP contribution in [0.1, 0.15) is 0 Å². The van der Waals surface area contributed by atoms with Crippen molar-refractivity contribution in [1.82, 2.24) is 0 Å². The molecule has 0 aliphatic heterocycles. The molecule has 0 saturated carbocycles. The van der Waals surface area contributed by atoms with E-state index >= 15 is 0 Å². The van der Waals surface area contributed by atoms with Crippen LogP contribution < -0.4 is 5.32 Å². The van der Waals surface area contributed by atoms with Crippen LogP contribution in [0.5, 0.6) is 0 Å². The Bertz CT molecular complexity index is 482. The highest BCUT2D eigenvalue weighted by Crippen LogP contribution is 2.29. The lowest BCUT2D eigenvalue weighted by Gasteiger charge is -2.09. The largest absolute Gasteiger partial charge is 0.382 e. The minimum atomic E-state index is 0.659. The van der Waals surface area contributed by atoms with Gasteiger partial charge in [-0.05, 0) is 24.3 Å². The van der Waals surface area contributed by atoms with Gasteiger partial charge in [0.2, 0.25) is 0 Å². The Hall–Kier alpha value is -0.830. The number of hydrogen-bond donors (Lipinski definition) is 1. The van der Waals surface area contributed by atoms with Crippen LogP contribution >= 0.6 is 35.0 Å². The molecule has 2 rings (SSSR count). The fraction of sp³-hybridized carbons (Fsp3) is 0.143. The molecule has 0 atom stereocenters. The molecule has 94 valence electrons. The van der Waals surface area contributed by atoms with Crippen molar-refractivity contribution in [2.45, 2.75) is 4.90 Å². The number of halogens is 2. The predicted octanol–water partition coefficient (Wildman–Crippen LogP) is 5.20. The van der Waals surface area contributed by atoms with Gasteiger partial charge in [0.1, 0.15) is 0 Å². The minimum Gasteiger partial charge on any atom is -0.382 e. The van der Waals surface area contributed by atoms with Crippen molar-refractivity contribution >= 4 is 40.7 Å². The van der Waals surface area contributed by atoms with Crippen LogP contribution in [-0.2, 0) is 0 Å². The normalized spacial score (nSPS) is 10.3. The van der Waals surface area contributed by atoms with Crippen molar-refractivity contribution in [2.24, 2.45) is 0 Å². The molecule has 4 heteroatoms. The fourth-order valence-electron chi connectivity index (χ4n) is 1.53. The SMILES string of the molecule is Clc1cccc(Cl)c1NCCSc1ccccc1. The molecule has 18 heavy (non-hydrogen) atoms. The summed E-state index contributed by atoms with van der Waals surface area (Å²) in [4.78, 5) is 1.27. The van der Waals surface area contributed by atoms with Gasteiger partial charge in [0.25, 0.3) is 0 Å². The molecule has 2 aromatic rings. The van der Waals surface area contributed by atoms with Gasteiger partial charge in [0, 0.05) is 17.2 Å². The van der Waals surface area contributed by atoms with E-state index in [-0.39, 0.29) is 0 Å². The molecule has 1 nitrogen and oxygen atoms in total. The maximum Gasteiger partial charge on any atom is 0.0719 e. The third-order valence-electron chi connectivity index (χ3n) is 2.38. The molecule has 0 radical (unpaired) electrons. The van der Waals surface area contributed by atoms with Crippen molar-refractivity contribution < 1.29 is 0 Å². The molecule has 0 aliphatic rings. The number of para-hydroxylation sites is 1. The van der Waals surface area contributed by atoms with Crippen LogP contribution in [0.15, 0.2) is 53.4 Å². The summed E-state index contributed by atoms with van der Waals surface area (Å²) in [7, 11) is 0. The average molecular weight is 298 g/mol. The molecule has 0 fully saturated rings. The number of rotatable bonds is 5. The van der Waals surface area contributed by atoms with Gasteiger partial charge in [-0.15, -0.1) is 11.8 Å². The number of nitrogens with one attached hydrogen (secondary N) is 1. The van der Waals surface area contributed by atoms with E-state index < -0.39 is 0 Å². The number of anilines is 1. The molecule has 0 saturated heterocycles. The minimum absolute atomic E-state index is 0.659. The van der Waals surface area contributed by atoms with E-state index in [0.29, 0.717) is 10.0 Å². The summed E-state index contributed by atoms with van der Waals surface area (Å²) < 4.78 is 0. The van der Waals surface area contributed by atoms with Gasteiger partial charge < -0.3 is 5.32 Å². The lowest BCUT2D eigenvalue weighted by Crippen LogP contribution is -2.04. The number of benzene rings is 2. The predicted molar refractivity (Wildman–Crippen MR) is 82.1 cm³/mol. The summed E-state index contributed by atoms with van der Waals surface area (Å²) in [6.07, 6.45) is 0. The molecule has 0 unspecified atom stereocenters. The first-order valence-corrected chi connectivity index (χ1v) is 7.37. The van der Waals surface area contributed by atoms with Gasteiger partial charge >= 0.3 is 0 Å². The van der Waals surface area contributed by atoms with E-state index in [9.17, 15) is 0 Å². The van der Waals surface area contributed by atoms with Crippen LogP contribution in [0.4, 0.5) is 5.69 Å². The van der Waals surface area contributed by atoms with Crippen molar-refractivity contribution in [3.05, 3.63) is 58.6 Å². The summed E-state index contributed by atoms with van der Waals surface area (Å²) in [5.41, 5.74) is 0.814. The van der Waals surface area contributed by atoms with Gasteiger partial charge in [0.15, 0.2) is 0 Å². The van der Waals surface area contributed by atoms with Crippen LogP contribution in [0.3, 0.4) is 0 Å². The highest BCUT2D eigenvalue weighted by atomic mass is 35.5. The van der Waals surface area contributed by atoms with Crippen LogP contribution in [0, 0.1) is 0 Å². The first-order valence-electron chi connectivity index (χ1n) is 5.63. The van der Waals surface area contributed by atoms with Gasteiger partial charge in [-0.3, -0.25) is 0 Å². The lowest BCUT2D eigenvalue weighted by molar-refractivity contribution is 1.22. The Morgan fingerprint density at radius 2 is 1.56 bits per heavy atom. The van der Waals surface area contributed by atoms with E-state index in [0.717, 1.165) is 18.0 Å². The summed E-state index contributed by atoms with van der Waals surface area (Å²) >= 11 is 13.9. The zero-order chi connectivity index (χ0) is 12.8. The van der Waals surface area contributed by atoms with E-state index in [1.165, 1.54) is 4.90 Å². The summed E-state index contributed by atoms with van der Waals surface area (Å²) in [5.74, 6) is 0.964. The monoisotopic (exact) mass is 297 g/mol. The highest BCUT2D eigenvalue weighted by Gasteiger charge is 2.03. The quantitative estimate of drug-likeness (QED) is 0.601. The molecule has 0 heterocycles. The van der Waals surface area contributed by atoms with Gasteiger partial charge in [0.05, 0.1) is 15.7 Å². The van der Waals surface area contributed by atoms with Crippen LogP contribution in [0.2, 0.25) is 10.0 Å². The third-order valence-corrected chi connectivity index (χ3v) is 4.02. The number of hydrogen-bond acceptors (Lipinski definition) is 2. The third kappa shape index (κ3) is 3.84. The van der Waals surface area contributed by atoms with Crippen LogP contribution in [-0.4, -0.2) is 12.3 Å². The molecule has 0 aromatic heterocycles. The molecule has 0 aliphatic carbocycles. The molecule has 1 N–H and O–H groups in total. The molecule has 0 bridgehead atoms. The average Bonchev–Trinajstić information content (AvgIpc) is 2.38. The topological polar surface area (TPSA) is 12.0 Å². The Morgan fingerprint density at radius 3 is 2.22 bits per heavy atom. The van der Waals surface area contributed by atoms with E-state index in [1.54, 1.807) is 11.8 Å². The maximum absolute atomic E-state index is 6.07. The second-order valence-electron chi connectivity index (χ2n) is 3.68. The van der Waals surface area contributed by atoms with Crippen LogP contribution in [0.25, 0.3) is 0 Å². The highest BCUT2D eigenvalue weighted by molar-refractivity contribution is 7.99. The fourth-order valence-corrected chi connectivity index (χ4v) is 2.85. The summed E-state index contributed by atoms with van der Waals surface area (Å²) in [6.45, 7) is 0.822. The summed E-state index contributed by atoms with van der Waals surface area (Å²) in [6, 6.07) is 15.8. The second kappa shape index (κ2) is 6.93. The number of thioether (sulfide) groups is 1. The molecule has 2 aromatic carbocycles. The van der Waals surface area contributed by atoms with Crippen molar-refractivity contribution in [3.63, 3.8) is 0 Å². The molecular weight excluding hydrogens is 285 g/mol. The van der Waals surface area contributed by atoms with Gasteiger partial charge in [-0.1, -0.05) is 47.5 Å². The van der Waals surface area contributed by atoms with E-state index in [1.807, 2.05) is 36.4 Å². The molecule has 0 amide bonds. The first kappa shape index (κ1) is 13.6. The Morgan fingerprint density at radius 1 is 0.889 bits per heavy atom. The second-order valence-corrected chi connectivity index (χ2v) is 5.67. The smallest absolute Gasteiger partial charge is 0.0719 e. The standard InChI is InChI=1S/C14H13Cl2NS/c15-12-7-4-8-13(16)14(12)17-9-10-18-11-5-2-1-3-6-11/h1-8,17H,9-10H2. The molecular formula is C14H13Cl2NS. The van der Waals surface area contributed by atoms with Gasteiger partial charge in [-0.2, -0.15) is 0 Å². The van der Waals surface area contributed by atoms with Gasteiger partial charge in [-0.25, -0.2) is 0 Å². The zero-order valence-corrected chi connectivity index (χ0v) is 12.0. The Kier molecular flexibility index (Phi) is 5.24.